The van der Waals surface area contributed by atoms with Crippen LogP contribution in [0, 0.1) is 18.3 Å². The van der Waals surface area contributed by atoms with Gasteiger partial charge in [0.15, 0.2) is 0 Å². The summed E-state index contributed by atoms with van der Waals surface area (Å²) in [4.78, 5) is 0. The third-order valence-electron chi connectivity index (χ3n) is 4.82. The molecule has 1 saturated carbocycles. The van der Waals surface area contributed by atoms with Gasteiger partial charge in [-0.25, -0.2) is 0 Å². The Morgan fingerprint density at radius 1 is 1.35 bits per heavy atom. The average Bonchev–Trinajstić information content (AvgIpc) is 2.39. The van der Waals surface area contributed by atoms with Crippen molar-refractivity contribution in [1.29, 1.82) is 0 Å². The maximum Gasteiger partial charge on any atom is 0.0441 e. The van der Waals surface area contributed by atoms with Crippen LogP contribution in [-0.4, -0.2) is 6.04 Å². The van der Waals surface area contributed by atoms with Crippen LogP contribution >= 0.6 is 11.6 Å². The third kappa shape index (κ3) is 3.97. The van der Waals surface area contributed by atoms with E-state index < -0.39 is 0 Å². The van der Waals surface area contributed by atoms with Gasteiger partial charge in [0.2, 0.25) is 0 Å². The smallest absolute Gasteiger partial charge is 0.0441 e. The minimum atomic E-state index is 0.325. The summed E-state index contributed by atoms with van der Waals surface area (Å²) in [5, 5.41) is 0.862. The molecule has 0 aromatic heterocycles. The fourth-order valence-electron chi connectivity index (χ4n) is 3.24. The van der Waals surface area contributed by atoms with Crippen molar-refractivity contribution in [1.82, 2.24) is 5.43 Å². The van der Waals surface area contributed by atoms with Crippen molar-refractivity contribution >= 4 is 11.6 Å². The van der Waals surface area contributed by atoms with Gasteiger partial charge in [-0.05, 0) is 67.6 Å². The van der Waals surface area contributed by atoms with E-state index in [1.54, 1.807) is 0 Å². The van der Waals surface area contributed by atoms with Gasteiger partial charge < -0.3 is 0 Å². The van der Waals surface area contributed by atoms with Crippen LogP contribution in [0.25, 0.3) is 0 Å². The first-order valence-corrected chi connectivity index (χ1v) is 8.00. The number of benzene rings is 1. The van der Waals surface area contributed by atoms with E-state index in [4.69, 9.17) is 17.4 Å². The Hall–Kier alpha value is -0.570. The number of nitrogens with one attached hydrogen (secondary N) is 1. The summed E-state index contributed by atoms with van der Waals surface area (Å²) in [6, 6.07) is 6.62. The SMILES string of the molecule is Cc1ccc(CC(NN)C2CCC(C)(C)CC2)c(Cl)c1. The molecule has 1 aromatic rings. The van der Waals surface area contributed by atoms with Gasteiger partial charge in [-0.1, -0.05) is 37.6 Å². The molecule has 1 atom stereocenters. The Labute approximate surface area is 128 Å². The van der Waals surface area contributed by atoms with Gasteiger partial charge in [0.25, 0.3) is 0 Å². The molecule has 0 saturated heterocycles. The topological polar surface area (TPSA) is 38.0 Å². The molecule has 0 aliphatic heterocycles. The summed E-state index contributed by atoms with van der Waals surface area (Å²) < 4.78 is 0. The second kappa shape index (κ2) is 6.46. The van der Waals surface area contributed by atoms with Gasteiger partial charge in [-0.2, -0.15) is 0 Å². The Morgan fingerprint density at radius 3 is 2.55 bits per heavy atom. The molecule has 2 rings (SSSR count). The quantitative estimate of drug-likeness (QED) is 0.644. The van der Waals surface area contributed by atoms with E-state index in [0.717, 1.165) is 11.4 Å². The Morgan fingerprint density at radius 2 is 2.00 bits per heavy atom. The lowest BCUT2D eigenvalue weighted by molar-refractivity contribution is 0.161. The second-order valence-electron chi connectivity index (χ2n) is 7.07. The second-order valence-corrected chi connectivity index (χ2v) is 7.48. The first-order valence-electron chi connectivity index (χ1n) is 7.62. The van der Waals surface area contributed by atoms with Gasteiger partial charge in [0.05, 0.1) is 0 Å². The summed E-state index contributed by atoms with van der Waals surface area (Å²) >= 11 is 6.35. The Bertz CT molecular complexity index is 446. The van der Waals surface area contributed by atoms with E-state index >= 15 is 0 Å². The van der Waals surface area contributed by atoms with Gasteiger partial charge in [-0.3, -0.25) is 11.3 Å². The zero-order chi connectivity index (χ0) is 14.8. The molecule has 0 radical (unpaired) electrons. The predicted octanol–water partition coefficient (Wildman–Crippen LogP) is 4.24. The van der Waals surface area contributed by atoms with Crippen molar-refractivity contribution in [2.24, 2.45) is 17.2 Å². The molecule has 1 fully saturated rings. The van der Waals surface area contributed by atoms with Crippen LogP contribution in [-0.2, 0) is 6.42 Å². The maximum atomic E-state index is 6.35. The summed E-state index contributed by atoms with van der Waals surface area (Å²) in [5.41, 5.74) is 5.93. The van der Waals surface area contributed by atoms with Crippen LogP contribution in [0.3, 0.4) is 0 Å². The Balaban J connectivity index is 2.02. The van der Waals surface area contributed by atoms with E-state index in [2.05, 4.69) is 38.3 Å². The molecule has 1 aliphatic rings. The molecule has 0 bridgehead atoms. The molecule has 2 nitrogen and oxygen atoms in total. The lowest BCUT2D eigenvalue weighted by Crippen LogP contribution is -2.44. The molecule has 0 amide bonds. The van der Waals surface area contributed by atoms with Crippen LogP contribution in [0.1, 0.15) is 50.7 Å². The van der Waals surface area contributed by atoms with Gasteiger partial charge in [0, 0.05) is 11.1 Å². The van der Waals surface area contributed by atoms with Crippen LogP contribution in [0.5, 0.6) is 0 Å². The Kier molecular flexibility index (Phi) is 5.11. The molecule has 1 aliphatic carbocycles. The van der Waals surface area contributed by atoms with Crippen LogP contribution in [0.4, 0.5) is 0 Å². The molecular formula is C17H27ClN2. The fourth-order valence-corrected chi connectivity index (χ4v) is 3.55. The molecule has 3 heteroatoms. The summed E-state index contributed by atoms with van der Waals surface area (Å²) in [6.45, 7) is 6.80. The van der Waals surface area contributed by atoms with E-state index in [9.17, 15) is 0 Å². The van der Waals surface area contributed by atoms with Crippen molar-refractivity contribution in [3.8, 4) is 0 Å². The number of halogens is 1. The molecule has 0 heterocycles. The highest BCUT2D eigenvalue weighted by Gasteiger charge is 2.31. The van der Waals surface area contributed by atoms with Crippen molar-refractivity contribution in [3.63, 3.8) is 0 Å². The molecular weight excluding hydrogens is 268 g/mol. The minimum absolute atomic E-state index is 0.325. The molecule has 112 valence electrons. The monoisotopic (exact) mass is 294 g/mol. The molecule has 1 unspecified atom stereocenters. The minimum Gasteiger partial charge on any atom is -0.271 e. The molecule has 20 heavy (non-hydrogen) atoms. The highest BCUT2D eigenvalue weighted by molar-refractivity contribution is 6.31. The molecule has 0 spiro atoms. The zero-order valence-electron chi connectivity index (χ0n) is 12.9. The van der Waals surface area contributed by atoms with Gasteiger partial charge in [-0.15, -0.1) is 0 Å². The van der Waals surface area contributed by atoms with Crippen molar-refractivity contribution in [2.75, 3.05) is 0 Å². The van der Waals surface area contributed by atoms with E-state index in [-0.39, 0.29) is 0 Å². The first kappa shape index (κ1) is 15.8. The van der Waals surface area contributed by atoms with Gasteiger partial charge in [0.1, 0.15) is 0 Å². The molecule has 3 N–H and O–H groups in total. The average molecular weight is 295 g/mol. The number of nitrogens with two attached hydrogens (primary N) is 1. The number of hydrogen-bond acceptors (Lipinski definition) is 2. The van der Waals surface area contributed by atoms with Crippen LogP contribution in [0.15, 0.2) is 18.2 Å². The molecule has 1 aromatic carbocycles. The number of hydrazine groups is 1. The predicted molar refractivity (Wildman–Crippen MR) is 86.7 cm³/mol. The maximum absolute atomic E-state index is 6.35. The highest BCUT2D eigenvalue weighted by Crippen LogP contribution is 2.39. The van der Waals surface area contributed by atoms with Crippen molar-refractivity contribution < 1.29 is 0 Å². The summed E-state index contributed by atoms with van der Waals surface area (Å²) in [5.74, 6) is 6.46. The number of rotatable bonds is 4. The van der Waals surface area contributed by atoms with Gasteiger partial charge >= 0.3 is 0 Å². The normalized spacial score (nSPS) is 20.9. The first-order chi connectivity index (χ1) is 9.41. The van der Waals surface area contributed by atoms with Crippen molar-refractivity contribution in [2.45, 2.75) is 58.9 Å². The van der Waals surface area contributed by atoms with Crippen LogP contribution in [0.2, 0.25) is 5.02 Å². The van der Waals surface area contributed by atoms with Crippen LogP contribution < -0.4 is 11.3 Å². The fraction of sp³-hybridized carbons (Fsp3) is 0.647. The van der Waals surface area contributed by atoms with E-state index in [1.807, 2.05) is 6.07 Å². The van der Waals surface area contributed by atoms with Crippen molar-refractivity contribution in [3.05, 3.63) is 34.3 Å². The van der Waals surface area contributed by atoms with E-state index in [1.165, 1.54) is 36.8 Å². The lowest BCUT2D eigenvalue weighted by atomic mass is 9.70. The van der Waals surface area contributed by atoms with E-state index in [0.29, 0.717) is 17.4 Å². The largest absolute Gasteiger partial charge is 0.271 e. The third-order valence-corrected chi connectivity index (χ3v) is 5.17. The lowest BCUT2D eigenvalue weighted by Gasteiger charge is -2.38. The zero-order valence-corrected chi connectivity index (χ0v) is 13.6. The standard InChI is InChI=1S/C17H27ClN2/c1-12-4-5-14(15(18)10-12)11-16(20-19)13-6-8-17(2,3)9-7-13/h4-5,10,13,16,20H,6-9,11,19H2,1-3H3. The number of hydrogen-bond donors (Lipinski definition) is 2. The highest BCUT2D eigenvalue weighted by atomic mass is 35.5. The summed E-state index contributed by atoms with van der Waals surface area (Å²) in [6.07, 6.45) is 6.01. The number of aryl methyl sites for hydroxylation is 1. The summed E-state index contributed by atoms with van der Waals surface area (Å²) in [7, 11) is 0.